The van der Waals surface area contributed by atoms with Gasteiger partial charge in [0.25, 0.3) is 0 Å². The van der Waals surface area contributed by atoms with Crippen LogP contribution >= 0.6 is 0 Å². The van der Waals surface area contributed by atoms with Gasteiger partial charge in [0.2, 0.25) is 5.91 Å². The first-order valence-corrected chi connectivity index (χ1v) is 6.99. The fourth-order valence-electron chi connectivity index (χ4n) is 1.61. The standard InChI is InChI=1S/C15H23FN4O/c1-4-17-15(19-11-14(21)20(2)3)18-10-9-12-5-7-13(16)8-6-12/h5-8H,4,9-11H2,1-3H3,(H2,17,18,19). The third-order valence-electron chi connectivity index (χ3n) is 2.83. The highest BCUT2D eigenvalue weighted by Gasteiger charge is 2.03. The normalized spacial score (nSPS) is 11.1. The minimum absolute atomic E-state index is 0.0502. The zero-order chi connectivity index (χ0) is 15.7. The van der Waals surface area contributed by atoms with Crippen LogP contribution in [-0.2, 0) is 11.2 Å². The Morgan fingerprint density at radius 3 is 2.48 bits per heavy atom. The van der Waals surface area contributed by atoms with Crippen LogP contribution in [-0.4, -0.2) is 50.5 Å². The molecule has 1 aromatic rings. The molecule has 0 aromatic heterocycles. The molecule has 1 aromatic carbocycles. The van der Waals surface area contributed by atoms with Crippen molar-refractivity contribution in [2.75, 3.05) is 33.7 Å². The Kier molecular flexibility index (Phi) is 7.21. The zero-order valence-electron chi connectivity index (χ0n) is 12.8. The van der Waals surface area contributed by atoms with Crippen LogP contribution in [0, 0.1) is 5.82 Å². The van der Waals surface area contributed by atoms with Gasteiger partial charge >= 0.3 is 0 Å². The number of aliphatic imine (C=N–C) groups is 1. The first-order chi connectivity index (χ1) is 10.0. The van der Waals surface area contributed by atoms with Gasteiger partial charge in [0.15, 0.2) is 5.96 Å². The van der Waals surface area contributed by atoms with Crippen molar-refractivity contribution in [1.82, 2.24) is 15.5 Å². The van der Waals surface area contributed by atoms with E-state index in [4.69, 9.17) is 0 Å². The molecule has 0 saturated heterocycles. The van der Waals surface area contributed by atoms with E-state index in [0.29, 0.717) is 12.5 Å². The van der Waals surface area contributed by atoms with Crippen LogP contribution in [0.4, 0.5) is 4.39 Å². The average Bonchev–Trinajstić information content (AvgIpc) is 2.46. The molecule has 0 heterocycles. The summed E-state index contributed by atoms with van der Waals surface area (Å²) in [6, 6.07) is 6.42. The highest BCUT2D eigenvalue weighted by molar-refractivity contribution is 5.84. The van der Waals surface area contributed by atoms with Crippen molar-refractivity contribution < 1.29 is 9.18 Å². The molecule has 116 valence electrons. The Hall–Kier alpha value is -2.11. The van der Waals surface area contributed by atoms with E-state index in [9.17, 15) is 9.18 Å². The van der Waals surface area contributed by atoms with E-state index < -0.39 is 0 Å². The number of benzene rings is 1. The third kappa shape index (κ3) is 6.74. The third-order valence-corrected chi connectivity index (χ3v) is 2.83. The number of carbonyl (C=O) groups is 1. The number of hydrogen-bond donors (Lipinski definition) is 2. The molecular formula is C15H23FN4O. The zero-order valence-corrected chi connectivity index (χ0v) is 12.8. The van der Waals surface area contributed by atoms with E-state index in [-0.39, 0.29) is 18.3 Å². The summed E-state index contributed by atoms with van der Waals surface area (Å²) in [5.74, 6) is 0.323. The maximum Gasteiger partial charge on any atom is 0.243 e. The van der Waals surface area contributed by atoms with E-state index in [1.165, 1.54) is 17.0 Å². The molecule has 0 saturated carbocycles. The maximum absolute atomic E-state index is 12.8. The molecule has 0 atom stereocenters. The predicted molar refractivity (Wildman–Crippen MR) is 82.8 cm³/mol. The first-order valence-electron chi connectivity index (χ1n) is 6.99. The van der Waals surface area contributed by atoms with Crippen molar-refractivity contribution in [3.63, 3.8) is 0 Å². The summed E-state index contributed by atoms with van der Waals surface area (Å²) in [5, 5.41) is 6.23. The summed E-state index contributed by atoms with van der Waals surface area (Å²) in [4.78, 5) is 17.2. The van der Waals surface area contributed by atoms with Crippen LogP contribution in [0.1, 0.15) is 12.5 Å². The fraction of sp³-hybridized carbons (Fsp3) is 0.467. The Morgan fingerprint density at radius 1 is 1.24 bits per heavy atom. The van der Waals surface area contributed by atoms with Gasteiger partial charge in [0, 0.05) is 27.2 Å². The number of halogens is 1. The van der Waals surface area contributed by atoms with Gasteiger partial charge in [0.1, 0.15) is 12.4 Å². The minimum Gasteiger partial charge on any atom is -0.357 e. The highest BCUT2D eigenvalue weighted by Crippen LogP contribution is 2.02. The van der Waals surface area contributed by atoms with E-state index in [1.54, 1.807) is 26.2 Å². The van der Waals surface area contributed by atoms with Crippen molar-refractivity contribution in [3.8, 4) is 0 Å². The monoisotopic (exact) mass is 294 g/mol. The van der Waals surface area contributed by atoms with Crippen LogP contribution < -0.4 is 10.6 Å². The minimum atomic E-state index is -0.233. The summed E-state index contributed by atoms with van der Waals surface area (Å²) in [5.41, 5.74) is 1.05. The summed E-state index contributed by atoms with van der Waals surface area (Å²) in [6.07, 6.45) is 0.756. The SMILES string of the molecule is CCNC(=NCC(=O)N(C)C)NCCc1ccc(F)cc1. The number of rotatable bonds is 6. The molecule has 0 unspecified atom stereocenters. The Bertz CT molecular complexity index is 471. The molecule has 2 N–H and O–H groups in total. The molecule has 0 aliphatic heterocycles. The number of nitrogens with zero attached hydrogens (tertiary/aromatic N) is 2. The molecule has 6 heteroatoms. The fourth-order valence-corrected chi connectivity index (χ4v) is 1.61. The lowest BCUT2D eigenvalue weighted by Crippen LogP contribution is -2.39. The second kappa shape index (κ2) is 8.94. The van der Waals surface area contributed by atoms with Gasteiger partial charge in [-0.3, -0.25) is 4.79 Å². The van der Waals surface area contributed by atoms with Crippen molar-refractivity contribution in [2.24, 2.45) is 4.99 Å². The Morgan fingerprint density at radius 2 is 1.90 bits per heavy atom. The second-order valence-electron chi connectivity index (χ2n) is 4.79. The number of guanidine groups is 1. The molecule has 0 aliphatic rings. The molecule has 0 radical (unpaired) electrons. The van der Waals surface area contributed by atoms with E-state index in [0.717, 1.165) is 18.5 Å². The van der Waals surface area contributed by atoms with Crippen LogP contribution in [0.25, 0.3) is 0 Å². The molecular weight excluding hydrogens is 271 g/mol. The van der Waals surface area contributed by atoms with Crippen molar-refractivity contribution in [2.45, 2.75) is 13.3 Å². The molecule has 21 heavy (non-hydrogen) atoms. The molecule has 5 nitrogen and oxygen atoms in total. The molecule has 1 rings (SSSR count). The summed E-state index contributed by atoms with van der Waals surface area (Å²) in [6.45, 7) is 3.45. The van der Waals surface area contributed by atoms with Crippen molar-refractivity contribution in [3.05, 3.63) is 35.6 Å². The number of nitrogens with one attached hydrogen (secondary N) is 2. The topological polar surface area (TPSA) is 56.7 Å². The van der Waals surface area contributed by atoms with Gasteiger partial charge in [-0.15, -0.1) is 0 Å². The van der Waals surface area contributed by atoms with Crippen molar-refractivity contribution in [1.29, 1.82) is 0 Å². The Balaban J connectivity index is 2.45. The molecule has 0 bridgehead atoms. The smallest absolute Gasteiger partial charge is 0.243 e. The average molecular weight is 294 g/mol. The van der Waals surface area contributed by atoms with Crippen LogP contribution in [0.2, 0.25) is 0 Å². The van der Waals surface area contributed by atoms with E-state index >= 15 is 0 Å². The second-order valence-corrected chi connectivity index (χ2v) is 4.79. The number of likely N-dealkylation sites (N-methyl/N-ethyl adjacent to an activating group) is 1. The lowest BCUT2D eigenvalue weighted by atomic mass is 10.1. The quantitative estimate of drug-likeness (QED) is 0.608. The molecule has 0 fully saturated rings. The largest absolute Gasteiger partial charge is 0.357 e. The van der Waals surface area contributed by atoms with Gasteiger partial charge < -0.3 is 15.5 Å². The highest BCUT2D eigenvalue weighted by atomic mass is 19.1. The summed E-state index contributed by atoms with van der Waals surface area (Å²) in [7, 11) is 3.40. The lowest BCUT2D eigenvalue weighted by Gasteiger charge is -2.12. The van der Waals surface area contributed by atoms with Crippen LogP contribution in [0.5, 0.6) is 0 Å². The molecule has 0 aliphatic carbocycles. The predicted octanol–water partition coefficient (Wildman–Crippen LogP) is 1.01. The Labute approximate surface area is 125 Å². The van der Waals surface area contributed by atoms with Gasteiger partial charge in [-0.25, -0.2) is 9.38 Å². The van der Waals surface area contributed by atoms with Gasteiger partial charge in [-0.1, -0.05) is 12.1 Å². The summed E-state index contributed by atoms with van der Waals surface area (Å²) < 4.78 is 12.8. The van der Waals surface area contributed by atoms with E-state index in [1.807, 2.05) is 6.92 Å². The van der Waals surface area contributed by atoms with Gasteiger partial charge in [0.05, 0.1) is 0 Å². The van der Waals surface area contributed by atoms with E-state index in [2.05, 4.69) is 15.6 Å². The number of carbonyl (C=O) groups excluding carboxylic acids is 1. The molecule has 1 amide bonds. The maximum atomic E-state index is 12.8. The first kappa shape index (κ1) is 16.9. The molecule has 0 spiro atoms. The number of hydrogen-bond acceptors (Lipinski definition) is 2. The van der Waals surface area contributed by atoms with Crippen LogP contribution in [0.15, 0.2) is 29.3 Å². The van der Waals surface area contributed by atoms with Crippen molar-refractivity contribution >= 4 is 11.9 Å². The van der Waals surface area contributed by atoms with Gasteiger partial charge in [-0.2, -0.15) is 0 Å². The number of amides is 1. The van der Waals surface area contributed by atoms with Crippen LogP contribution in [0.3, 0.4) is 0 Å². The lowest BCUT2D eigenvalue weighted by molar-refractivity contribution is -0.127. The summed E-state index contributed by atoms with van der Waals surface area (Å²) >= 11 is 0. The van der Waals surface area contributed by atoms with Gasteiger partial charge in [-0.05, 0) is 31.0 Å².